The van der Waals surface area contributed by atoms with Crippen molar-refractivity contribution in [3.63, 3.8) is 0 Å². The molecule has 1 aliphatic rings. The van der Waals surface area contributed by atoms with Crippen molar-refractivity contribution in [1.82, 2.24) is 4.90 Å². The van der Waals surface area contributed by atoms with Crippen molar-refractivity contribution in [1.29, 1.82) is 0 Å². The monoisotopic (exact) mass is 239 g/mol. The summed E-state index contributed by atoms with van der Waals surface area (Å²) < 4.78 is 5.60. The SMILES string of the molecule is O=C(Cl)c1ccc(OCN2CCCC2)cc1. The fourth-order valence-corrected chi connectivity index (χ4v) is 1.89. The number of halogens is 1. The summed E-state index contributed by atoms with van der Waals surface area (Å²) in [5.41, 5.74) is 0.496. The van der Waals surface area contributed by atoms with Crippen LogP contribution in [0.2, 0.25) is 0 Å². The summed E-state index contributed by atoms with van der Waals surface area (Å²) >= 11 is 5.35. The molecule has 0 unspecified atom stereocenters. The Balaban J connectivity index is 1.87. The third-order valence-electron chi connectivity index (χ3n) is 2.69. The van der Waals surface area contributed by atoms with Crippen LogP contribution in [0.4, 0.5) is 0 Å². The molecule has 0 saturated carbocycles. The van der Waals surface area contributed by atoms with Crippen LogP contribution in [0.5, 0.6) is 5.75 Å². The Morgan fingerprint density at radius 3 is 2.44 bits per heavy atom. The molecule has 16 heavy (non-hydrogen) atoms. The van der Waals surface area contributed by atoms with Gasteiger partial charge in [0, 0.05) is 18.7 Å². The first-order valence-corrected chi connectivity index (χ1v) is 5.78. The van der Waals surface area contributed by atoms with Gasteiger partial charge in [0.2, 0.25) is 0 Å². The van der Waals surface area contributed by atoms with Gasteiger partial charge >= 0.3 is 0 Å². The molecule has 1 aromatic carbocycles. The number of carbonyl (C=O) groups excluding carboxylic acids is 1. The average molecular weight is 240 g/mol. The molecule has 86 valence electrons. The average Bonchev–Trinajstić information content (AvgIpc) is 2.80. The van der Waals surface area contributed by atoms with Crippen molar-refractivity contribution in [2.24, 2.45) is 0 Å². The largest absolute Gasteiger partial charge is 0.478 e. The first-order valence-electron chi connectivity index (χ1n) is 5.41. The fraction of sp³-hybridized carbons (Fsp3) is 0.417. The Labute approximate surface area is 100.0 Å². The van der Waals surface area contributed by atoms with Crippen LogP contribution in [0.15, 0.2) is 24.3 Å². The third-order valence-corrected chi connectivity index (χ3v) is 2.91. The maximum Gasteiger partial charge on any atom is 0.252 e. The van der Waals surface area contributed by atoms with Gasteiger partial charge in [-0.25, -0.2) is 0 Å². The molecule has 1 aromatic rings. The molecule has 0 aromatic heterocycles. The molecule has 0 amide bonds. The van der Waals surface area contributed by atoms with Crippen LogP contribution in [-0.4, -0.2) is 30.0 Å². The number of nitrogens with zero attached hydrogens (tertiary/aromatic N) is 1. The molecule has 0 spiro atoms. The Morgan fingerprint density at radius 2 is 1.88 bits per heavy atom. The summed E-state index contributed by atoms with van der Waals surface area (Å²) in [7, 11) is 0. The maximum absolute atomic E-state index is 10.8. The lowest BCUT2D eigenvalue weighted by Crippen LogP contribution is -2.24. The van der Waals surface area contributed by atoms with Gasteiger partial charge in [-0.05, 0) is 48.7 Å². The number of carbonyl (C=O) groups is 1. The van der Waals surface area contributed by atoms with Crippen LogP contribution in [0.25, 0.3) is 0 Å². The van der Waals surface area contributed by atoms with Crippen LogP contribution in [0, 0.1) is 0 Å². The van der Waals surface area contributed by atoms with E-state index in [1.54, 1.807) is 24.3 Å². The van der Waals surface area contributed by atoms with Gasteiger partial charge in [0.05, 0.1) is 0 Å². The maximum atomic E-state index is 10.8. The van der Waals surface area contributed by atoms with Gasteiger partial charge in [0.15, 0.2) is 0 Å². The van der Waals surface area contributed by atoms with Crippen molar-refractivity contribution in [2.45, 2.75) is 12.8 Å². The van der Waals surface area contributed by atoms with Crippen molar-refractivity contribution in [2.75, 3.05) is 19.8 Å². The second-order valence-corrected chi connectivity index (χ2v) is 4.24. The molecule has 1 aliphatic heterocycles. The molecule has 0 atom stereocenters. The summed E-state index contributed by atoms with van der Waals surface area (Å²) in [4.78, 5) is 13.1. The summed E-state index contributed by atoms with van der Waals surface area (Å²) in [6.07, 6.45) is 2.51. The topological polar surface area (TPSA) is 29.5 Å². The summed E-state index contributed by atoms with van der Waals surface area (Å²) in [5.74, 6) is 0.772. The summed E-state index contributed by atoms with van der Waals surface area (Å²) in [5, 5.41) is -0.439. The van der Waals surface area contributed by atoms with E-state index in [0.717, 1.165) is 18.8 Å². The lowest BCUT2D eigenvalue weighted by atomic mass is 10.2. The van der Waals surface area contributed by atoms with Crippen molar-refractivity contribution >= 4 is 16.8 Å². The van der Waals surface area contributed by atoms with Crippen LogP contribution in [0.3, 0.4) is 0 Å². The van der Waals surface area contributed by atoms with Crippen LogP contribution in [-0.2, 0) is 0 Å². The number of rotatable bonds is 4. The molecule has 2 rings (SSSR count). The Hall–Kier alpha value is -1.06. The fourth-order valence-electron chi connectivity index (χ4n) is 1.76. The van der Waals surface area contributed by atoms with E-state index in [9.17, 15) is 4.79 Å². The molecule has 1 heterocycles. The Bertz CT molecular complexity index is 358. The van der Waals surface area contributed by atoms with Gasteiger partial charge in [-0.3, -0.25) is 9.69 Å². The van der Waals surface area contributed by atoms with Gasteiger partial charge in [-0.2, -0.15) is 0 Å². The Kier molecular flexibility index (Phi) is 3.80. The number of hydrogen-bond acceptors (Lipinski definition) is 3. The van der Waals surface area contributed by atoms with E-state index in [-0.39, 0.29) is 0 Å². The highest BCUT2D eigenvalue weighted by molar-refractivity contribution is 6.67. The number of likely N-dealkylation sites (tertiary alicyclic amines) is 1. The highest BCUT2D eigenvalue weighted by Crippen LogP contribution is 2.15. The van der Waals surface area contributed by atoms with E-state index < -0.39 is 5.24 Å². The number of benzene rings is 1. The molecule has 0 N–H and O–H groups in total. The van der Waals surface area contributed by atoms with Gasteiger partial charge in [-0.1, -0.05) is 0 Å². The molecular weight excluding hydrogens is 226 g/mol. The first kappa shape index (κ1) is 11.4. The second kappa shape index (κ2) is 5.32. The highest BCUT2D eigenvalue weighted by atomic mass is 35.5. The molecule has 0 bridgehead atoms. The number of ether oxygens (including phenoxy) is 1. The predicted octanol–water partition coefficient (Wildman–Crippen LogP) is 2.50. The van der Waals surface area contributed by atoms with Gasteiger partial charge in [0.1, 0.15) is 12.5 Å². The normalized spacial score (nSPS) is 16.3. The van der Waals surface area contributed by atoms with E-state index >= 15 is 0 Å². The van der Waals surface area contributed by atoms with Crippen molar-refractivity contribution in [3.8, 4) is 5.75 Å². The van der Waals surface area contributed by atoms with Crippen LogP contribution in [0.1, 0.15) is 23.2 Å². The second-order valence-electron chi connectivity index (χ2n) is 3.90. The van der Waals surface area contributed by atoms with E-state index in [1.165, 1.54) is 12.8 Å². The van der Waals surface area contributed by atoms with Crippen LogP contribution < -0.4 is 4.74 Å². The molecule has 1 saturated heterocycles. The van der Waals surface area contributed by atoms with E-state index in [2.05, 4.69) is 4.90 Å². The van der Waals surface area contributed by atoms with Crippen LogP contribution >= 0.6 is 11.6 Å². The lowest BCUT2D eigenvalue weighted by Gasteiger charge is -2.15. The molecule has 1 fully saturated rings. The zero-order valence-electron chi connectivity index (χ0n) is 8.99. The van der Waals surface area contributed by atoms with Gasteiger partial charge in [0.25, 0.3) is 5.24 Å². The molecule has 4 heteroatoms. The first-order chi connectivity index (χ1) is 7.75. The highest BCUT2D eigenvalue weighted by Gasteiger charge is 2.11. The van der Waals surface area contributed by atoms with E-state index in [1.807, 2.05) is 0 Å². The summed E-state index contributed by atoms with van der Waals surface area (Å²) in [6.45, 7) is 2.84. The van der Waals surface area contributed by atoms with Crippen molar-refractivity contribution < 1.29 is 9.53 Å². The predicted molar refractivity (Wildman–Crippen MR) is 62.9 cm³/mol. The van der Waals surface area contributed by atoms with Gasteiger partial charge < -0.3 is 4.74 Å². The smallest absolute Gasteiger partial charge is 0.252 e. The molecule has 0 aliphatic carbocycles. The number of hydrogen-bond donors (Lipinski definition) is 0. The lowest BCUT2D eigenvalue weighted by molar-refractivity contribution is 0.108. The minimum Gasteiger partial charge on any atom is -0.478 e. The van der Waals surface area contributed by atoms with Gasteiger partial charge in [-0.15, -0.1) is 0 Å². The zero-order valence-corrected chi connectivity index (χ0v) is 9.74. The Morgan fingerprint density at radius 1 is 1.25 bits per heavy atom. The zero-order chi connectivity index (χ0) is 11.4. The quantitative estimate of drug-likeness (QED) is 0.756. The van der Waals surface area contributed by atoms with Crippen molar-refractivity contribution in [3.05, 3.63) is 29.8 Å². The summed E-state index contributed by atoms with van der Waals surface area (Å²) in [6, 6.07) is 6.89. The minimum absolute atomic E-state index is 0.439. The third kappa shape index (κ3) is 2.97. The molecular formula is C12H14ClNO2. The molecule has 0 radical (unpaired) electrons. The standard InChI is InChI=1S/C12H14ClNO2/c13-12(15)10-3-5-11(6-4-10)16-9-14-7-1-2-8-14/h3-6H,1-2,7-9H2. The van der Waals surface area contributed by atoms with E-state index in [0.29, 0.717) is 12.3 Å². The molecule has 3 nitrogen and oxygen atoms in total. The van der Waals surface area contributed by atoms with E-state index in [4.69, 9.17) is 16.3 Å². The minimum atomic E-state index is -0.439.